The van der Waals surface area contributed by atoms with Crippen molar-refractivity contribution in [2.45, 2.75) is 57.5 Å². The van der Waals surface area contributed by atoms with E-state index in [0.29, 0.717) is 24.7 Å². The van der Waals surface area contributed by atoms with Crippen LogP contribution in [0.25, 0.3) is 0 Å². The van der Waals surface area contributed by atoms with Crippen molar-refractivity contribution in [1.82, 2.24) is 4.90 Å². The number of likely N-dealkylation sites (tertiary alicyclic amines) is 1. The van der Waals surface area contributed by atoms with Crippen LogP contribution in [0.3, 0.4) is 0 Å². The molecule has 0 aliphatic carbocycles. The Morgan fingerprint density at radius 1 is 0.975 bits per heavy atom. The number of hydrogen-bond donors (Lipinski definition) is 0. The van der Waals surface area contributed by atoms with Crippen LogP contribution in [0.5, 0.6) is 5.75 Å². The van der Waals surface area contributed by atoms with Crippen molar-refractivity contribution < 1.29 is 18.7 Å². The number of ether oxygens (including phenoxy) is 2. The van der Waals surface area contributed by atoms with E-state index in [2.05, 4.69) is 63.0 Å². The van der Waals surface area contributed by atoms with E-state index in [1.54, 1.807) is 7.11 Å². The Bertz CT molecular complexity index is 1260. The Hall–Kier alpha value is -2.64. The molecule has 40 heavy (non-hydrogen) atoms. The molecule has 0 aromatic heterocycles. The Morgan fingerprint density at radius 3 is 2.25 bits per heavy atom. The van der Waals surface area contributed by atoms with Crippen molar-refractivity contribution in [2.24, 2.45) is 5.92 Å². The van der Waals surface area contributed by atoms with Crippen LogP contribution in [0.15, 0.2) is 78.9 Å². The topological polar surface area (TPSA) is 48.0 Å². The number of methoxy groups -OCH3 is 1. The Kier molecular flexibility index (Phi) is 9.78. The summed E-state index contributed by atoms with van der Waals surface area (Å²) in [6, 6.07) is 25.1. The molecule has 3 atom stereocenters. The quantitative estimate of drug-likeness (QED) is 0.181. The molecule has 1 saturated heterocycles. The van der Waals surface area contributed by atoms with Crippen molar-refractivity contribution in [1.29, 1.82) is 0 Å². The zero-order chi connectivity index (χ0) is 28.9. The highest BCUT2D eigenvalue weighted by Crippen LogP contribution is 2.42. The molecule has 1 aliphatic rings. The van der Waals surface area contributed by atoms with E-state index in [1.807, 2.05) is 54.6 Å². The van der Waals surface area contributed by atoms with E-state index in [4.69, 9.17) is 25.5 Å². The first kappa shape index (κ1) is 30.3. The molecule has 1 fully saturated rings. The maximum atomic E-state index is 13.8. The highest BCUT2D eigenvalue weighted by atomic mass is 35.5. The lowest BCUT2D eigenvalue weighted by atomic mass is 9.90. The average Bonchev–Trinajstić information content (AvgIpc) is 3.36. The van der Waals surface area contributed by atoms with Gasteiger partial charge in [0, 0.05) is 36.6 Å². The molecule has 5 nitrogen and oxygen atoms in total. The van der Waals surface area contributed by atoms with Crippen molar-refractivity contribution in [3.63, 3.8) is 0 Å². The molecule has 0 N–H and O–H groups in total. The fourth-order valence-electron chi connectivity index (χ4n) is 5.02. The molecule has 7 heteroatoms. The fourth-order valence-corrected chi connectivity index (χ4v) is 6.32. The highest BCUT2D eigenvalue weighted by molar-refractivity contribution is 6.74. The monoisotopic (exact) mass is 579 g/mol. The van der Waals surface area contributed by atoms with E-state index < -0.39 is 14.4 Å². The maximum Gasteiger partial charge on any atom is 0.328 e. The van der Waals surface area contributed by atoms with Gasteiger partial charge in [-0.25, -0.2) is 4.79 Å². The molecule has 1 heterocycles. The zero-order valence-electron chi connectivity index (χ0n) is 24.5. The summed E-state index contributed by atoms with van der Waals surface area (Å²) < 4.78 is 17.9. The van der Waals surface area contributed by atoms with Crippen LogP contribution in [0.1, 0.15) is 49.4 Å². The summed E-state index contributed by atoms with van der Waals surface area (Å²) >= 11 is 6.69. The lowest BCUT2D eigenvalue weighted by Gasteiger charge is -2.37. The summed E-state index contributed by atoms with van der Waals surface area (Å²) in [5.41, 5.74) is 2.93. The van der Waals surface area contributed by atoms with E-state index in [0.717, 1.165) is 16.9 Å². The second kappa shape index (κ2) is 12.9. The summed E-state index contributed by atoms with van der Waals surface area (Å²) in [5.74, 6) is 0.918. The lowest BCUT2D eigenvalue weighted by Crippen LogP contribution is -2.42. The zero-order valence-corrected chi connectivity index (χ0v) is 26.3. The molecule has 1 aliphatic heterocycles. The predicted octanol–water partition coefficient (Wildman–Crippen LogP) is 7.87. The Morgan fingerprint density at radius 2 is 1.62 bits per heavy atom. The summed E-state index contributed by atoms with van der Waals surface area (Å²) in [4.78, 5) is 16.0. The number of rotatable bonds is 10. The predicted molar refractivity (Wildman–Crippen MR) is 164 cm³/mol. The third-order valence-corrected chi connectivity index (χ3v) is 13.3. The van der Waals surface area contributed by atoms with Crippen molar-refractivity contribution >= 4 is 25.9 Å². The highest BCUT2D eigenvalue weighted by Gasteiger charge is 2.43. The largest absolute Gasteiger partial charge is 0.497 e. The molecular formula is C33H42ClNO4Si. The number of hydrogen-bond acceptors (Lipinski definition) is 5. The van der Waals surface area contributed by atoms with Gasteiger partial charge >= 0.3 is 5.97 Å². The third kappa shape index (κ3) is 7.16. The molecule has 4 rings (SSSR count). The summed E-state index contributed by atoms with van der Waals surface area (Å²) in [6.45, 7) is 13.6. The molecule has 0 bridgehead atoms. The molecule has 3 aromatic carbocycles. The van der Waals surface area contributed by atoms with Crippen molar-refractivity contribution in [2.75, 3.05) is 26.8 Å². The molecule has 0 saturated carbocycles. The molecule has 0 unspecified atom stereocenters. The van der Waals surface area contributed by atoms with Gasteiger partial charge in [-0.1, -0.05) is 93.0 Å². The normalized spacial score (nSPS) is 18.9. The Balaban J connectivity index is 1.60. The minimum absolute atomic E-state index is 0.124. The van der Waals surface area contributed by atoms with Gasteiger partial charge in [0.2, 0.25) is 0 Å². The third-order valence-electron chi connectivity index (χ3n) is 8.49. The summed E-state index contributed by atoms with van der Waals surface area (Å²) in [7, 11) is -0.313. The summed E-state index contributed by atoms with van der Waals surface area (Å²) in [6.07, 6.45) is 0. The molecule has 0 amide bonds. The van der Waals surface area contributed by atoms with Gasteiger partial charge in [0.1, 0.15) is 18.4 Å². The standard InChI is InChI=1S/C33H42ClNO4Si/c1-33(2,3)40(5,6)39-23-26-20-35(21-29(26)25-12-8-7-9-13-25)31(28-14-10-11-15-30(28)34)32(36)38-22-24-16-18-27(37-4)19-17-24/h7-19,26,29,31H,20-23H2,1-6H3/t26-,29-,31-/m1/s1. The fraction of sp³-hybridized carbons (Fsp3) is 0.424. The van der Waals surface area contributed by atoms with Crippen LogP contribution in [-0.4, -0.2) is 46.0 Å². The van der Waals surface area contributed by atoms with Crippen LogP contribution in [0.2, 0.25) is 23.2 Å². The second-order valence-electron chi connectivity index (χ2n) is 12.2. The van der Waals surface area contributed by atoms with Gasteiger partial charge in [-0.3, -0.25) is 4.90 Å². The van der Waals surface area contributed by atoms with Crippen molar-refractivity contribution in [3.05, 3.63) is 101 Å². The number of benzene rings is 3. The molecular weight excluding hydrogens is 538 g/mol. The van der Waals surface area contributed by atoms with Gasteiger partial charge < -0.3 is 13.9 Å². The van der Waals surface area contributed by atoms with Gasteiger partial charge in [-0.15, -0.1) is 0 Å². The lowest BCUT2D eigenvalue weighted by molar-refractivity contribution is -0.151. The van der Waals surface area contributed by atoms with Gasteiger partial charge in [-0.05, 0) is 53.0 Å². The van der Waals surface area contributed by atoms with Crippen LogP contribution in [0.4, 0.5) is 0 Å². The minimum Gasteiger partial charge on any atom is -0.497 e. The van der Waals surface area contributed by atoms with Crippen LogP contribution >= 0.6 is 11.6 Å². The van der Waals surface area contributed by atoms with Crippen molar-refractivity contribution in [3.8, 4) is 5.75 Å². The Labute approximate surface area is 245 Å². The van der Waals surface area contributed by atoms with Gasteiger partial charge in [0.25, 0.3) is 0 Å². The van der Waals surface area contributed by atoms with Gasteiger partial charge in [0.05, 0.1) is 7.11 Å². The molecule has 214 valence electrons. The number of nitrogens with zero attached hydrogens (tertiary/aromatic N) is 1. The number of halogens is 1. The van der Waals surface area contributed by atoms with E-state index >= 15 is 0 Å². The SMILES string of the molecule is COc1ccc(COC(=O)[C@@H](c2ccccc2Cl)N2C[C@H](CO[Si](C)(C)C(C)(C)C)[C@@H](c3ccccc3)C2)cc1. The summed E-state index contributed by atoms with van der Waals surface area (Å²) in [5, 5.41) is 0.685. The molecule has 0 radical (unpaired) electrons. The first-order valence-electron chi connectivity index (χ1n) is 14.0. The second-order valence-corrected chi connectivity index (χ2v) is 17.4. The van der Waals surface area contributed by atoms with Crippen LogP contribution in [0, 0.1) is 5.92 Å². The first-order valence-corrected chi connectivity index (χ1v) is 17.3. The average molecular weight is 580 g/mol. The van der Waals surface area contributed by atoms with Crippen LogP contribution in [-0.2, 0) is 20.6 Å². The first-order chi connectivity index (χ1) is 19.0. The number of carbonyl (C=O) groups excluding carboxylic acids is 1. The molecule has 0 spiro atoms. The van der Waals surface area contributed by atoms with E-state index in [1.165, 1.54) is 5.56 Å². The molecule has 3 aromatic rings. The maximum absolute atomic E-state index is 13.8. The number of carbonyl (C=O) groups is 1. The van der Waals surface area contributed by atoms with E-state index in [9.17, 15) is 4.79 Å². The smallest absolute Gasteiger partial charge is 0.328 e. The number of esters is 1. The van der Waals surface area contributed by atoms with Crippen LogP contribution < -0.4 is 4.74 Å². The van der Waals surface area contributed by atoms with E-state index in [-0.39, 0.29) is 29.5 Å². The minimum atomic E-state index is -1.94. The van der Waals surface area contributed by atoms with Gasteiger partial charge in [0.15, 0.2) is 8.32 Å². The van der Waals surface area contributed by atoms with Gasteiger partial charge in [-0.2, -0.15) is 0 Å².